The van der Waals surface area contributed by atoms with Gasteiger partial charge in [0.25, 0.3) is 0 Å². The lowest BCUT2D eigenvalue weighted by molar-refractivity contribution is -0.274. The summed E-state index contributed by atoms with van der Waals surface area (Å²) in [6.07, 6.45) is -4.70. The van der Waals surface area contributed by atoms with Crippen LogP contribution in [-0.2, 0) is 0 Å². The van der Waals surface area contributed by atoms with Crippen molar-refractivity contribution in [2.45, 2.75) is 6.36 Å². The van der Waals surface area contributed by atoms with Crippen LogP contribution in [0.2, 0.25) is 0 Å². The van der Waals surface area contributed by atoms with Gasteiger partial charge in [0.05, 0.1) is 0 Å². The monoisotopic (exact) mass is 284 g/mol. The number of aromatic nitrogens is 1. The Balaban J connectivity index is 2.06. The highest BCUT2D eigenvalue weighted by Crippen LogP contribution is 2.25. The van der Waals surface area contributed by atoms with E-state index in [9.17, 15) is 13.2 Å². The molecule has 0 saturated heterocycles. The van der Waals surface area contributed by atoms with E-state index in [0.717, 1.165) is 0 Å². The molecule has 1 aromatic heterocycles. The first kappa shape index (κ1) is 13.9. The topological polar surface area (TPSA) is 72.2 Å². The summed E-state index contributed by atoms with van der Waals surface area (Å²) >= 11 is 0. The maximum atomic E-state index is 12.0. The molecule has 4 N–H and O–H groups in total. The molecule has 1 heterocycles. The van der Waals surface area contributed by atoms with E-state index in [1.54, 1.807) is 18.2 Å². The average Bonchev–Trinajstić information content (AvgIpc) is 2.40. The van der Waals surface area contributed by atoms with Crippen molar-refractivity contribution >= 4 is 17.3 Å². The van der Waals surface area contributed by atoms with Crippen LogP contribution >= 0.6 is 0 Å². The van der Waals surface area contributed by atoms with E-state index in [-0.39, 0.29) is 5.75 Å². The second-order valence-corrected chi connectivity index (χ2v) is 3.75. The Bertz CT molecular complexity index is 572. The second kappa shape index (κ2) is 5.66. The number of hydrogen-bond acceptors (Lipinski definition) is 5. The van der Waals surface area contributed by atoms with Crippen LogP contribution in [-0.4, -0.2) is 11.3 Å². The van der Waals surface area contributed by atoms with Crippen molar-refractivity contribution in [2.24, 2.45) is 5.84 Å². The predicted octanol–water partition coefficient (Wildman–Crippen LogP) is 3.01. The smallest absolute Gasteiger partial charge is 0.406 e. The highest BCUT2D eigenvalue weighted by molar-refractivity contribution is 5.58. The minimum atomic E-state index is -4.70. The van der Waals surface area contributed by atoms with E-state index < -0.39 is 6.36 Å². The number of nitrogens with two attached hydrogens (primary N) is 1. The Labute approximate surface area is 112 Å². The molecule has 0 aliphatic rings. The summed E-state index contributed by atoms with van der Waals surface area (Å²) in [6, 6.07) is 10.4. The van der Waals surface area contributed by atoms with Gasteiger partial charge in [-0.05, 0) is 36.4 Å². The normalized spacial score (nSPS) is 11.0. The lowest BCUT2D eigenvalue weighted by atomic mass is 10.3. The Morgan fingerprint density at radius 3 is 2.25 bits per heavy atom. The van der Waals surface area contributed by atoms with Crippen LogP contribution < -0.4 is 21.3 Å². The maximum absolute atomic E-state index is 12.0. The third-order valence-electron chi connectivity index (χ3n) is 2.26. The van der Waals surface area contributed by atoms with Crippen LogP contribution in [0.4, 0.5) is 30.5 Å². The fourth-order valence-electron chi connectivity index (χ4n) is 1.47. The summed E-state index contributed by atoms with van der Waals surface area (Å²) in [5.41, 5.74) is 2.96. The lowest BCUT2D eigenvalue weighted by Gasteiger charge is -2.10. The van der Waals surface area contributed by atoms with Gasteiger partial charge in [-0.15, -0.1) is 13.2 Å². The van der Waals surface area contributed by atoms with Gasteiger partial charge in [-0.3, -0.25) is 0 Å². The minimum absolute atomic E-state index is 0.284. The Morgan fingerprint density at radius 1 is 1.00 bits per heavy atom. The van der Waals surface area contributed by atoms with Gasteiger partial charge in [-0.1, -0.05) is 6.07 Å². The fraction of sp³-hybridized carbons (Fsp3) is 0.0833. The first-order valence-corrected chi connectivity index (χ1v) is 5.53. The molecular weight excluding hydrogens is 273 g/mol. The third-order valence-corrected chi connectivity index (χ3v) is 2.26. The van der Waals surface area contributed by atoms with Crippen LogP contribution in [0.25, 0.3) is 0 Å². The SMILES string of the molecule is NNc1cccc(Nc2ccc(OC(F)(F)F)cc2)n1. The zero-order chi connectivity index (χ0) is 14.6. The number of ether oxygens (including phenoxy) is 1. The van der Waals surface area contributed by atoms with E-state index in [1.165, 1.54) is 24.3 Å². The standard InChI is InChI=1S/C12H11F3N4O/c13-12(14,15)20-9-6-4-8(5-7-9)17-10-2-1-3-11(18-10)19-16/h1-7H,16H2,(H2,17,18,19). The van der Waals surface area contributed by atoms with Crippen molar-refractivity contribution in [3.05, 3.63) is 42.5 Å². The maximum Gasteiger partial charge on any atom is 0.573 e. The molecule has 0 unspecified atom stereocenters. The van der Waals surface area contributed by atoms with Gasteiger partial charge in [0.15, 0.2) is 0 Å². The molecule has 0 fully saturated rings. The van der Waals surface area contributed by atoms with Crippen molar-refractivity contribution in [2.75, 3.05) is 10.7 Å². The zero-order valence-corrected chi connectivity index (χ0v) is 10.1. The Morgan fingerprint density at radius 2 is 1.65 bits per heavy atom. The molecule has 0 atom stereocenters. The number of benzene rings is 1. The molecule has 0 amide bonds. The molecule has 0 spiro atoms. The largest absolute Gasteiger partial charge is 0.573 e. The highest BCUT2D eigenvalue weighted by atomic mass is 19.4. The summed E-state index contributed by atoms with van der Waals surface area (Å²) in [5, 5.41) is 2.93. The molecular formula is C12H11F3N4O. The molecule has 1 aromatic carbocycles. The molecule has 0 radical (unpaired) electrons. The number of pyridine rings is 1. The molecule has 5 nitrogen and oxygen atoms in total. The predicted molar refractivity (Wildman–Crippen MR) is 68.5 cm³/mol. The van der Waals surface area contributed by atoms with Crippen molar-refractivity contribution in [1.82, 2.24) is 4.98 Å². The van der Waals surface area contributed by atoms with Crippen LogP contribution in [0.5, 0.6) is 5.75 Å². The second-order valence-electron chi connectivity index (χ2n) is 3.75. The molecule has 106 valence electrons. The van der Waals surface area contributed by atoms with Crippen molar-refractivity contribution in [3.63, 3.8) is 0 Å². The summed E-state index contributed by atoms with van der Waals surface area (Å²) in [6.45, 7) is 0. The molecule has 2 aromatic rings. The molecule has 0 aliphatic heterocycles. The van der Waals surface area contributed by atoms with Crippen molar-refractivity contribution < 1.29 is 17.9 Å². The van der Waals surface area contributed by atoms with Crippen LogP contribution in [0.3, 0.4) is 0 Å². The van der Waals surface area contributed by atoms with Gasteiger partial charge in [-0.25, -0.2) is 10.8 Å². The summed E-state index contributed by atoms with van der Waals surface area (Å²) in [5.74, 6) is 5.91. The van der Waals surface area contributed by atoms with Crippen LogP contribution in [0.15, 0.2) is 42.5 Å². The molecule has 0 saturated carbocycles. The lowest BCUT2D eigenvalue weighted by Crippen LogP contribution is -2.16. The molecule has 0 bridgehead atoms. The average molecular weight is 284 g/mol. The number of anilines is 3. The van der Waals surface area contributed by atoms with Gasteiger partial charge < -0.3 is 15.5 Å². The third kappa shape index (κ3) is 4.02. The molecule has 2 rings (SSSR count). The Hall–Kier alpha value is -2.48. The van der Waals surface area contributed by atoms with Gasteiger partial charge in [0.2, 0.25) is 0 Å². The molecule has 0 aliphatic carbocycles. The summed E-state index contributed by atoms with van der Waals surface area (Å²) in [7, 11) is 0. The number of hydrogen-bond donors (Lipinski definition) is 3. The van der Waals surface area contributed by atoms with E-state index in [4.69, 9.17) is 5.84 Å². The Kier molecular flexibility index (Phi) is 3.94. The first-order chi connectivity index (χ1) is 9.46. The van der Waals surface area contributed by atoms with E-state index in [2.05, 4.69) is 20.5 Å². The molecule has 20 heavy (non-hydrogen) atoms. The minimum Gasteiger partial charge on any atom is -0.406 e. The van der Waals surface area contributed by atoms with Gasteiger partial charge >= 0.3 is 6.36 Å². The number of hydrazine groups is 1. The van der Waals surface area contributed by atoms with Crippen LogP contribution in [0, 0.1) is 0 Å². The summed E-state index contributed by atoms with van der Waals surface area (Å²) in [4.78, 5) is 4.11. The zero-order valence-electron chi connectivity index (χ0n) is 10.1. The van der Waals surface area contributed by atoms with E-state index >= 15 is 0 Å². The number of rotatable bonds is 4. The van der Waals surface area contributed by atoms with Gasteiger partial charge in [0, 0.05) is 5.69 Å². The van der Waals surface area contributed by atoms with E-state index in [1.807, 2.05) is 0 Å². The fourth-order valence-corrected chi connectivity index (χ4v) is 1.47. The number of nitrogens with one attached hydrogen (secondary N) is 2. The van der Waals surface area contributed by atoms with Crippen molar-refractivity contribution in [3.8, 4) is 5.75 Å². The quantitative estimate of drug-likeness (QED) is 0.594. The number of nitrogen functional groups attached to an aromatic ring is 1. The first-order valence-electron chi connectivity index (χ1n) is 5.53. The van der Waals surface area contributed by atoms with E-state index in [0.29, 0.717) is 17.3 Å². The van der Waals surface area contributed by atoms with Gasteiger partial charge in [0.1, 0.15) is 17.4 Å². The summed E-state index contributed by atoms with van der Waals surface area (Å²) < 4.78 is 39.8. The number of alkyl halides is 3. The van der Waals surface area contributed by atoms with Crippen molar-refractivity contribution in [1.29, 1.82) is 0 Å². The molecule has 8 heteroatoms. The van der Waals surface area contributed by atoms with Gasteiger partial charge in [-0.2, -0.15) is 0 Å². The number of nitrogens with zero attached hydrogens (tertiary/aromatic N) is 1. The highest BCUT2D eigenvalue weighted by Gasteiger charge is 2.30. The number of halogens is 3. The van der Waals surface area contributed by atoms with Crippen LogP contribution in [0.1, 0.15) is 0 Å².